The van der Waals surface area contributed by atoms with Crippen LogP contribution >= 0.6 is 0 Å². The van der Waals surface area contributed by atoms with E-state index in [2.05, 4.69) is 15.1 Å². The number of rotatable bonds is 2. The average Bonchev–Trinajstić information content (AvgIpc) is 2.81. The topological polar surface area (TPSA) is 84.1 Å². The second-order valence-corrected chi connectivity index (χ2v) is 5.59. The smallest absolute Gasteiger partial charge is 0.311 e. The molecule has 7 nitrogen and oxygen atoms in total. The largest absolute Gasteiger partial charge is 0.481 e. The minimum absolute atomic E-state index is 0.462. The van der Waals surface area contributed by atoms with Crippen LogP contribution in [0, 0.1) is 5.41 Å². The van der Waals surface area contributed by atoms with E-state index in [0.717, 1.165) is 29.8 Å². The second-order valence-electron chi connectivity index (χ2n) is 5.59. The minimum Gasteiger partial charge on any atom is -0.481 e. The molecule has 1 aliphatic rings. The van der Waals surface area contributed by atoms with E-state index in [0.29, 0.717) is 13.0 Å². The molecule has 1 unspecified atom stereocenters. The number of aryl methyl sites for hydroxylation is 1. The number of piperidine rings is 1. The highest BCUT2D eigenvalue weighted by atomic mass is 16.4. The molecule has 0 radical (unpaired) electrons. The number of carboxylic acids is 1. The van der Waals surface area contributed by atoms with Crippen molar-refractivity contribution in [2.45, 2.75) is 19.8 Å². The molecule has 1 atom stereocenters. The molecular weight excluding hydrogens is 258 g/mol. The summed E-state index contributed by atoms with van der Waals surface area (Å²) in [4.78, 5) is 22.0. The van der Waals surface area contributed by atoms with Gasteiger partial charge in [-0.3, -0.25) is 9.48 Å². The lowest BCUT2D eigenvalue weighted by atomic mass is 9.82. The Morgan fingerprint density at radius 1 is 1.45 bits per heavy atom. The molecule has 106 valence electrons. The minimum atomic E-state index is -0.751. The zero-order chi connectivity index (χ0) is 14.3. The van der Waals surface area contributed by atoms with Gasteiger partial charge in [-0.1, -0.05) is 0 Å². The van der Waals surface area contributed by atoms with Crippen LogP contribution in [0.5, 0.6) is 0 Å². The fourth-order valence-corrected chi connectivity index (χ4v) is 2.80. The maximum atomic E-state index is 11.4. The van der Waals surface area contributed by atoms with Gasteiger partial charge in [0, 0.05) is 20.1 Å². The quantitative estimate of drug-likeness (QED) is 0.882. The molecule has 1 fully saturated rings. The normalized spacial score (nSPS) is 23.2. The summed E-state index contributed by atoms with van der Waals surface area (Å²) in [5.74, 6) is 0.0222. The first-order valence-electron chi connectivity index (χ1n) is 6.62. The van der Waals surface area contributed by atoms with Crippen LogP contribution in [0.1, 0.15) is 19.8 Å². The van der Waals surface area contributed by atoms with E-state index in [9.17, 15) is 9.90 Å². The molecule has 0 amide bonds. The van der Waals surface area contributed by atoms with Gasteiger partial charge in [0.15, 0.2) is 5.65 Å². The lowest BCUT2D eigenvalue weighted by molar-refractivity contribution is -0.148. The molecule has 1 saturated heterocycles. The van der Waals surface area contributed by atoms with Gasteiger partial charge in [-0.25, -0.2) is 9.97 Å². The number of aromatic nitrogens is 4. The summed E-state index contributed by atoms with van der Waals surface area (Å²) in [6.45, 7) is 3.07. The van der Waals surface area contributed by atoms with Gasteiger partial charge in [0.05, 0.1) is 17.0 Å². The number of hydrogen-bond acceptors (Lipinski definition) is 5. The van der Waals surface area contributed by atoms with Gasteiger partial charge < -0.3 is 10.0 Å². The summed E-state index contributed by atoms with van der Waals surface area (Å²) in [7, 11) is 1.83. The molecule has 2 aromatic rings. The van der Waals surface area contributed by atoms with E-state index >= 15 is 0 Å². The van der Waals surface area contributed by atoms with Crippen LogP contribution in [0.4, 0.5) is 5.82 Å². The Bertz CT molecular complexity index is 668. The third kappa shape index (κ3) is 1.90. The van der Waals surface area contributed by atoms with Crippen molar-refractivity contribution < 1.29 is 9.90 Å². The third-order valence-corrected chi connectivity index (χ3v) is 4.02. The van der Waals surface area contributed by atoms with Gasteiger partial charge in [0.25, 0.3) is 0 Å². The monoisotopic (exact) mass is 275 g/mol. The number of aliphatic carboxylic acids is 1. The molecule has 3 rings (SSSR count). The zero-order valence-electron chi connectivity index (χ0n) is 11.6. The van der Waals surface area contributed by atoms with Gasteiger partial charge in [0.1, 0.15) is 12.1 Å². The molecule has 2 aromatic heterocycles. The summed E-state index contributed by atoms with van der Waals surface area (Å²) >= 11 is 0. The standard InChI is InChI=1S/C13H17N5O2/c1-13(12(19)20)4-3-5-18(7-13)11-9-6-16-17(2)10(9)14-8-15-11/h6,8H,3-5,7H2,1-2H3,(H,19,20). The van der Waals surface area contributed by atoms with Gasteiger partial charge in [-0.2, -0.15) is 5.10 Å². The number of fused-ring (bicyclic) bond motifs is 1. The molecule has 20 heavy (non-hydrogen) atoms. The van der Waals surface area contributed by atoms with E-state index in [-0.39, 0.29) is 0 Å². The summed E-state index contributed by atoms with van der Waals surface area (Å²) in [5, 5.41) is 14.5. The van der Waals surface area contributed by atoms with Crippen LogP contribution in [-0.2, 0) is 11.8 Å². The molecule has 0 spiro atoms. The predicted molar refractivity (Wildman–Crippen MR) is 73.5 cm³/mol. The SMILES string of the molecule is Cn1ncc2c(N3CCCC(C)(C(=O)O)C3)ncnc21. The van der Waals surface area contributed by atoms with E-state index in [1.165, 1.54) is 6.33 Å². The van der Waals surface area contributed by atoms with Crippen LogP contribution in [0.25, 0.3) is 11.0 Å². The van der Waals surface area contributed by atoms with Crippen molar-refractivity contribution in [3.8, 4) is 0 Å². The molecular formula is C13H17N5O2. The van der Waals surface area contributed by atoms with E-state index in [1.807, 2.05) is 11.9 Å². The highest BCUT2D eigenvalue weighted by Gasteiger charge is 2.38. The Morgan fingerprint density at radius 3 is 3.00 bits per heavy atom. The van der Waals surface area contributed by atoms with E-state index < -0.39 is 11.4 Å². The number of carbonyl (C=O) groups is 1. The van der Waals surface area contributed by atoms with Crippen LogP contribution in [0.15, 0.2) is 12.5 Å². The van der Waals surface area contributed by atoms with E-state index in [4.69, 9.17) is 0 Å². The highest BCUT2D eigenvalue weighted by Crippen LogP contribution is 2.33. The van der Waals surface area contributed by atoms with Crippen LogP contribution in [0.3, 0.4) is 0 Å². The van der Waals surface area contributed by atoms with Crippen molar-refractivity contribution >= 4 is 22.8 Å². The van der Waals surface area contributed by atoms with Crippen molar-refractivity contribution in [1.29, 1.82) is 0 Å². The number of nitrogens with zero attached hydrogens (tertiary/aromatic N) is 5. The maximum Gasteiger partial charge on any atom is 0.311 e. The summed E-state index contributed by atoms with van der Waals surface area (Å²) in [5.41, 5.74) is 0.0372. The number of carboxylic acid groups (broad SMARTS) is 1. The molecule has 0 aromatic carbocycles. The number of anilines is 1. The summed E-state index contributed by atoms with van der Waals surface area (Å²) in [6.07, 6.45) is 4.78. The second kappa shape index (κ2) is 4.43. The van der Waals surface area contributed by atoms with Crippen molar-refractivity contribution in [2.75, 3.05) is 18.0 Å². The maximum absolute atomic E-state index is 11.4. The zero-order valence-corrected chi connectivity index (χ0v) is 11.6. The van der Waals surface area contributed by atoms with Gasteiger partial charge in [0.2, 0.25) is 0 Å². The lowest BCUT2D eigenvalue weighted by Crippen LogP contribution is -2.46. The van der Waals surface area contributed by atoms with Crippen molar-refractivity contribution in [2.24, 2.45) is 12.5 Å². The Labute approximate surface area is 116 Å². The first-order valence-corrected chi connectivity index (χ1v) is 6.62. The molecule has 3 heterocycles. The van der Waals surface area contributed by atoms with Crippen molar-refractivity contribution in [3.05, 3.63) is 12.5 Å². The molecule has 0 aliphatic carbocycles. The Kier molecular flexibility index (Phi) is 2.84. The number of hydrogen-bond donors (Lipinski definition) is 1. The van der Waals surface area contributed by atoms with Crippen LogP contribution in [0.2, 0.25) is 0 Å². The van der Waals surface area contributed by atoms with Gasteiger partial charge in [-0.05, 0) is 19.8 Å². The molecule has 0 bridgehead atoms. The summed E-state index contributed by atoms with van der Waals surface area (Å²) in [6, 6.07) is 0. The van der Waals surface area contributed by atoms with Gasteiger partial charge in [-0.15, -0.1) is 0 Å². The lowest BCUT2D eigenvalue weighted by Gasteiger charge is -2.38. The molecule has 1 aliphatic heterocycles. The Morgan fingerprint density at radius 2 is 2.25 bits per heavy atom. The molecule has 0 saturated carbocycles. The fourth-order valence-electron chi connectivity index (χ4n) is 2.80. The van der Waals surface area contributed by atoms with E-state index in [1.54, 1.807) is 17.8 Å². The first-order chi connectivity index (χ1) is 9.51. The van der Waals surface area contributed by atoms with Gasteiger partial charge >= 0.3 is 5.97 Å². The Hall–Kier alpha value is -2.18. The predicted octanol–water partition coefficient (Wildman–Crippen LogP) is 1.05. The Balaban J connectivity index is 2.01. The van der Waals surface area contributed by atoms with Crippen LogP contribution < -0.4 is 4.90 Å². The fraction of sp³-hybridized carbons (Fsp3) is 0.538. The average molecular weight is 275 g/mol. The van der Waals surface area contributed by atoms with Crippen molar-refractivity contribution in [3.63, 3.8) is 0 Å². The third-order valence-electron chi connectivity index (χ3n) is 4.02. The van der Waals surface area contributed by atoms with Crippen molar-refractivity contribution in [1.82, 2.24) is 19.7 Å². The van der Waals surface area contributed by atoms with Crippen LogP contribution in [-0.4, -0.2) is 43.9 Å². The highest BCUT2D eigenvalue weighted by molar-refractivity contribution is 5.87. The molecule has 7 heteroatoms. The first kappa shape index (κ1) is 12.8. The molecule has 1 N–H and O–H groups in total. The summed E-state index contributed by atoms with van der Waals surface area (Å²) < 4.78 is 1.70.